The van der Waals surface area contributed by atoms with Crippen molar-refractivity contribution in [2.75, 3.05) is 7.11 Å². The number of oxazole rings is 1. The molecule has 0 fully saturated rings. The van der Waals surface area contributed by atoms with Gasteiger partial charge in [0.2, 0.25) is 5.89 Å². The zero-order valence-electron chi connectivity index (χ0n) is 17.1. The SMILES string of the molecule is COC(=O)[C@H](Cc1ccc2oc(-c3ccc(C)s3)nc2c1)NC(=O)OC(C)(C)C. The van der Waals surface area contributed by atoms with Crippen LogP contribution in [-0.2, 0) is 20.7 Å². The number of ether oxygens (including phenoxy) is 2. The number of rotatable bonds is 5. The molecule has 2 aromatic heterocycles. The summed E-state index contributed by atoms with van der Waals surface area (Å²) in [7, 11) is 1.28. The zero-order chi connectivity index (χ0) is 21.2. The van der Waals surface area contributed by atoms with Crippen LogP contribution in [0.5, 0.6) is 0 Å². The highest BCUT2D eigenvalue weighted by molar-refractivity contribution is 7.15. The third-order valence-electron chi connectivity index (χ3n) is 4.02. The molecule has 1 atom stereocenters. The summed E-state index contributed by atoms with van der Waals surface area (Å²) in [6.07, 6.45) is -0.437. The average Bonchev–Trinajstić information content (AvgIpc) is 3.24. The summed E-state index contributed by atoms with van der Waals surface area (Å²) in [4.78, 5) is 30.9. The maximum Gasteiger partial charge on any atom is 0.408 e. The second kappa shape index (κ2) is 8.24. The van der Waals surface area contributed by atoms with Gasteiger partial charge in [-0.05, 0) is 57.5 Å². The smallest absolute Gasteiger partial charge is 0.408 e. The zero-order valence-corrected chi connectivity index (χ0v) is 17.9. The van der Waals surface area contributed by atoms with E-state index in [4.69, 9.17) is 13.9 Å². The van der Waals surface area contributed by atoms with E-state index in [1.54, 1.807) is 32.1 Å². The molecule has 154 valence electrons. The molecule has 0 spiro atoms. The van der Waals surface area contributed by atoms with E-state index in [1.807, 2.05) is 37.3 Å². The van der Waals surface area contributed by atoms with Crippen molar-refractivity contribution in [3.8, 4) is 10.8 Å². The molecule has 3 aromatic rings. The molecular formula is C21H24N2O5S. The van der Waals surface area contributed by atoms with Gasteiger partial charge >= 0.3 is 12.1 Å². The standard InChI is InChI=1S/C21H24N2O5S/c1-12-6-9-17(29-12)18-22-14-10-13(7-8-16(14)27-18)11-15(19(24)26-5)23-20(25)28-21(2,3)4/h6-10,15H,11H2,1-5H3,(H,23,25)/t15-/m0/s1. The molecule has 1 aromatic carbocycles. The summed E-state index contributed by atoms with van der Waals surface area (Å²) in [6, 6.07) is 8.61. The van der Waals surface area contributed by atoms with Crippen LogP contribution in [0.3, 0.4) is 0 Å². The maximum absolute atomic E-state index is 12.1. The van der Waals surface area contributed by atoms with Crippen molar-refractivity contribution in [2.24, 2.45) is 0 Å². The molecule has 0 bridgehead atoms. The minimum Gasteiger partial charge on any atom is -0.467 e. The summed E-state index contributed by atoms with van der Waals surface area (Å²) in [5.41, 5.74) is 1.49. The number of fused-ring (bicyclic) bond motifs is 1. The van der Waals surface area contributed by atoms with Gasteiger partial charge in [0, 0.05) is 11.3 Å². The van der Waals surface area contributed by atoms with E-state index < -0.39 is 23.7 Å². The number of carbonyl (C=O) groups is 2. The molecule has 0 unspecified atom stereocenters. The fourth-order valence-corrected chi connectivity index (χ4v) is 3.57. The molecule has 2 heterocycles. The number of nitrogens with one attached hydrogen (secondary N) is 1. The Hall–Kier alpha value is -2.87. The minimum absolute atomic E-state index is 0.238. The molecule has 1 amide bonds. The summed E-state index contributed by atoms with van der Waals surface area (Å²) >= 11 is 1.61. The van der Waals surface area contributed by atoms with Crippen LogP contribution in [-0.4, -0.2) is 35.8 Å². The van der Waals surface area contributed by atoms with Crippen LogP contribution in [0.2, 0.25) is 0 Å². The van der Waals surface area contributed by atoms with Crippen molar-refractivity contribution >= 4 is 34.5 Å². The Morgan fingerprint density at radius 1 is 1.24 bits per heavy atom. The van der Waals surface area contributed by atoms with Gasteiger partial charge in [0.1, 0.15) is 17.2 Å². The quantitative estimate of drug-likeness (QED) is 0.617. The summed E-state index contributed by atoms with van der Waals surface area (Å²) in [6.45, 7) is 7.29. The monoisotopic (exact) mass is 416 g/mol. The van der Waals surface area contributed by atoms with E-state index in [-0.39, 0.29) is 6.42 Å². The molecule has 0 saturated carbocycles. The van der Waals surface area contributed by atoms with E-state index in [0.29, 0.717) is 17.0 Å². The molecule has 8 heteroatoms. The van der Waals surface area contributed by atoms with E-state index in [2.05, 4.69) is 10.3 Å². The minimum atomic E-state index is -0.876. The number of amides is 1. The Labute approximate surface area is 173 Å². The lowest BCUT2D eigenvalue weighted by Crippen LogP contribution is -2.45. The van der Waals surface area contributed by atoms with E-state index in [0.717, 1.165) is 10.4 Å². The van der Waals surface area contributed by atoms with Gasteiger partial charge in [-0.25, -0.2) is 14.6 Å². The largest absolute Gasteiger partial charge is 0.467 e. The Bertz CT molecular complexity index is 1030. The third-order valence-corrected chi connectivity index (χ3v) is 5.01. The second-order valence-corrected chi connectivity index (χ2v) is 8.95. The number of carbonyl (C=O) groups excluding carboxylic acids is 2. The molecule has 1 N–H and O–H groups in total. The summed E-state index contributed by atoms with van der Waals surface area (Å²) in [5, 5.41) is 2.58. The van der Waals surface area contributed by atoms with Crippen LogP contribution in [0.1, 0.15) is 31.2 Å². The van der Waals surface area contributed by atoms with Crippen molar-refractivity contribution < 1.29 is 23.5 Å². The number of methoxy groups -OCH3 is 1. The Kier molecular flexibility index (Phi) is 5.93. The van der Waals surface area contributed by atoms with Gasteiger partial charge < -0.3 is 19.2 Å². The molecule has 0 radical (unpaired) electrons. The molecule has 0 aliphatic heterocycles. The normalized spacial score (nSPS) is 12.6. The number of hydrogen-bond donors (Lipinski definition) is 1. The molecule has 0 saturated heterocycles. The van der Waals surface area contributed by atoms with Crippen LogP contribution >= 0.6 is 11.3 Å². The molecular weight excluding hydrogens is 392 g/mol. The van der Waals surface area contributed by atoms with Crippen LogP contribution < -0.4 is 5.32 Å². The summed E-state index contributed by atoms with van der Waals surface area (Å²) in [5.74, 6) is 0.0116. The topological polar surface area (TPSA) is 90.7 Å². The van der Waals surface area contributed by atoms with Gasteiger partial charge in [-0.3, -0.25) is 0 Å². The lowest BCUT2D eigenvalue weighted by atomic mass is 10.1. The lowest BCUT2D eigenvalue weighted by Gasteiger charge is -2.22. The molecule has 7 nitrogen and oxygen atoms in total. The fraction of sp³-hybridized carbons (Fsp3) is 0.381. The molecule has 0 aliphatic rings. The number of aryl methyl sites for hydroxylation is 1. The van der Waals surface area contributed by atoms with Gasteiger partial charge in [0.05, 0.1) is 12.0 Å². The first-order valence-corrected chi connectivity index (χ1v) is 10.00. The van der Waals surface area contributed by atoms with Crippen molar-refractivity contribution in [1.29, 1.82) is 0 Å². The van der Waals surface area contributed by atoms with Crippen molar-refractivity contribution in [3.05, 3.63) is 40.8 Å². The van der Waals surface area contributed by atoms with Gasteiger partial charge in [-0.1, -0.05) is 6.07 Å². The van der Waals surface area contributed by atoms with E-state index in [1.165, 1.54) is 12.0 Å². The van der Waals surface area contributed by atoms with Crippen molar-refractivity contribution in [2.45, 2.75) is 45.8 Å². The molecule has 3 rings (SSSR count). The molecule has 29 heavy (non-hydrogen) atoms. The Morgan fingerprint density at radius 3 is 2.62 bits per heavy atom. The van der Waals surface area contributed by atoms with Crippen molar-refractivity contribution in [3.63, 3.8) is 0 Å². The average molecular weight is 416 g/mol. The first kappa shape index (κ1) is 20.9. The first-order valence-electron chi connectivity index (χ1n) is 9.18. The van der Waals surface area contributed by atoms with Gasteiger partial charge in [-0.15, -0.1) is 11.3 Å². The number of nitrogens with zero attached hydrogens (tertiary/aromatic N) is 1. The van der Waals surface area contributed by atoms with Gasteiger partial charge in [0.15, 0.2) is 5.58 Å². The number of alkyl carbamates (subject to hydrolysis) is 1. The number of thiophene rings is 1. The van der Waals surface area contributed by atoms with Crippen molar-refractivity contribution in [1.82, 2.24) is 10.3 Å². The van der Waals surface area contributed by atoms with Crippen LogP contribution in [0.15, 0.2) is 34.7 Å². The Morgan fingerprint density at radius 2 is 2.00 bits per heavy atom. The highest BCUT2D eigenvalue weighted by Gasteiger charge is 2.25. The van der Waals surface area contributed by atoms with E-state index in [9.17, 15) is 9.59 Å². The number of esters is 1. The van der Waals surface area contributed by atoms with Gasteiger partial charge in [0.25, 0.3) is 0 Å². The van der Waals surface area contributed by atoms with Crippen LogP contribution in [0.25, 0.3) is 21.9 Å². The van der Waals surface area contributed by atoms with Crippen LogP contribution in [0.4, 0.5) is 4.79 Å². The first-order chi connectivity index (χ1) is 13.6. The van der Waals surface area contributed by atoms with Crippen LogP contribution in [0, 0.1) is 6.92 Å². The van der Waals surface area contributed by atoms with Gasteiger partial charge in [-0.2, -0.15) is 0 Å². The number of benzene rings is 1. The predicted octanol–water partition coefficient (Wildman–Crippen LogP) is 4.47. The molecule has 0 aliphatic carbocycles. The Balaban J connectivity index is 1.80. The highest BCUT2D eigenvalue weighted by atomic mass is 32.1. The second-order valence-electron chi connectivity index (χ2n) is 7.66. The predicted molar refractivity (Wildman–Crippen MR) is 111 cm³/mol. The summed E-state index contributed by atoms with van der Waals surface area (Å²) < 4.78 is 15.9. The maximum atomic E-state index is 12.1. The third kappa shape index (κ3) is 5.35. The highest BCUT2D eigenvalue weighted by Crippen LogP contribution is 2.30. The fourth-order valence-electron chi connectivity index (χ4n) is 2.78. The number of aromatic nitrogens is 1. The van der Waals surface area contributed by atoms with E-state index >= 15 is 0 Å². The number of hydrogen-bond acceptors (Lipinski definition) is 7. The lowest BCUT2D eigenvalue weighted by molar-refractivity contribution is -0.143.